The quantitative estimate of drug-likeness (QED) is 0.691. The molecule has 1 aliphatic heterocycles. The highest BCUT2D eigenvalue weighted by Gasteiger charge is 2.18. The van der Waals surface area contributed by atoms with Crippen LogP contribution in [0.1, 0.15) is 32.0 Å². The Hall–Kier alpha value is -1.21. The van der Waals surface area contributed by atoms with Crippen molar-refractivity contribution in [1.82, 2.24) is 14.3 Å². The van der Waals surface area contributed by atoms with Crippen molar-refractivity contribution in [3.8, 4) is 0 Å². The van der Waals surface area contributed by atoms with Crippen LogP contribution in [0.3, 0.4) is 0 Å². The molecule has 1 aliphatic rings. The first kappa shape index (κ1) is 14.2. The van der Waals surface area contributed by atoms with Gasteiger partial charge in [0.2, 0.25) is 10.7 Å². The molecule has 0 aliphatic carbocycles. The van der Waals surface area contributed by atoms with E-state index in [0.29, 0.717) is 12.8 Å². The van der Waals surface area contributed by atoms with Gasteiger partial charge in [0.25, 0.3) is 0 Å². The highest BCUT2D eigenvalue weighted by molar-refractivity contribution is 7.71. The van der Waals surface area contributed by atoms with Gasteiger partial charge in [-0.1, -0.05) is 0 Å². The van der Waals surface area contributed by atoms with Crippen LogP contribution < -0.4 is 10.6 Å². The van der Waals surface area contributed by atoms with Gasteiger partial charge in [0.1, 0.15) is 5.82 Å². The number of nitrogens with one attached hydrogen (secondary N) is 1. The van der Waals surface area contributed by atoms with Crippen LogP contribution in [-0.4, -0.2) is 33.3 Å². The van der Waals surface area contributed by atoms with Crippen molar-refractivity contribution >= 4 is 18.1 Å². The van der Waals surface area contributed by atoms with Crippen molar-refractivity contribution in [3.05, 3.63) is 10.6 Å². The van der Waals surface area contributed by atoms with Crippen molar-refractivity contribution in [2.45, 2.75) is 45.8 Å². The number of likely N-dealkylation sites (tertiary alicyclic amines) is 1. The second-order valence-electron chi connectivity index (χ2n) is 5.02. The highest BCUT2D eigenvalue weighted by atomic mass is 32.1. The van der Waals surface area contributed by atoms with Crippen molar-refractivity contribution in [1.29, 1.82) is 0 Å². The van der Waals surface area contributed by atoms with Crippen molar-refractivity contribution < 1.29 is 9.69 Å². The van der Waals surface area contributed by atoms with Gasteiger partial charge in [-0.3, -0.25) is 4.79 Å². The summed E-state index contributed by atoms with van der Waals surface area (Å²) in [6.07, 6.45) is 3.45. The lowest BCUT2D eigenvalue weighted by molar-refractivity contribution is -0.911. The molecule has 7 heteroatoms. The van der Waals surface area contributed by atoms with Gasteiger partial charge >= 0.3 is 0 Å². The first-order chi connectivity index (χ1) is 9.11. The van der Waals surface area contributed by atoms with Gasteiger partial charge in [0.05, 0.1) is 13.1 Å². The zero-order valence-corrected chi connectivity index (χ0v) is 12.2. The van der Waals surface area contributed by atoms with E-state index < -0.39 is 0 Å². The summed E-state index contributed by atoms with van der Waals surface area (Å²) in [6, 6.07) is 0. The smallest absolute Gasteiger partial charge is 0.217 e. The van der Waals surface area contributed by atoms with E-state index in [-0.39, 0.29) is 5.91 Å². The molecule has 106 valence electrons. The minimum Gasteiger partial charge on any atom is -0.370 e. The third-order valence-corrected chi connectivity index (χ3v) is 4.03. The number of carbonyl (C=O) groups excluding carboxylic acids is 1. The van der Waals surface area contributed by atoms with Gasteiger partial charge in [0.15, 0.2) is 6.67 Å². The minimum absolute atomic E-state index is 0.298. The minimum atomic E-state index is -0.298. The van der Waals surface area contributed by atoms with Crippen molar-refractivity contribution in [3.63, 3.8) is 0 Å². The van der Waals surface area contributed by atoms with Gasteiger partial charge in [-0.05, 0) is 19.1 Å². The average Bonchev–Trinajstić information content (AvgIpc) is 2.97. The number of rotatable bonds is 6. The Labute approximate surface area is 118 Å². The molecule has 0 unspecified atom stereocenters. The molecule has 0 saturated carbocycles. The normalized spacial score (nSPS) is 16.1. The van der Waals surface area contributed by atoms with E-state index in [1.165, 1.54) is 30.8 Å². The molecule has 1 amide bonds. The van der Waals surface area contributed by atoms with Gasteiger partial charge in [0, 0.05) is 32.2 Å². The third-order valence-electron chi connectivity index (χ3n) is 3.59. The summed E-state index contributed by atoms with van der Waals surface area (Å²) in [4.78, 5) is 12.4. The topological polar surface area (TPSA) is 70.3 Å². The molecule has 1 aromatic rings. The number of carbonyl (C=O) groups is 1. The molecule has 1 saturated heterocycles. The van der Waals surface area contributed by atoms with Crippen molar-refractivity contribution in [2.75, 3.05) is 13.1 Å². The van der Waals surface area contributed by atoms with E-state index in [2.05, 4.69) is 5.10 Å². The molecular formula is C12H22N5OS+. The fraction of sp³-hybridized carbons (Fsp3) is 0.750. The molecule has 2 heterocycles. The van der Waals surface area contributed by atoms with E-state index in [1.807, 2.05) is 16.2 Å². The van der Waals surface area contributed by atoms with Crippen LogP contribution >= 0.6 is 12.2 Å². The number of hydrogen-bond acceptors (Lipinski definition) is 3. The Balaban J connectivity index is 2.14. The number of quaternary nitrogens is 1. The maximum Gasteiger partial charge on any atom is 0.217 e. The number of aryl methyl sites for hydroxylation is 1. The third kappa shape index (κ3) is 3.42. The predicted molar refractivity (Wildman–Crippen MR) is 74.2 cm³/mol. The van der Waals surface area contributed by atoms with Crippen LogP contribution in [0.2, 0.25) is 0 Å². The Morgan fingerprint density at radius 1 is 1.47 bits per heavy atom. The standard InChI is InChI=1S/C12H21N5OS/c1-2-16-11(6-5-10(13)18)14-17(12(16)19)9-15-7-3-4-8-15/h2-9H2,1H3,(H2,13,18)/p+1. The molecule has 0 aromatic carbocycles. The first-order valence-corrected chi connectivity index (χ1v) is 7.31. The van der Waals surface area contributed by atoms with Crippen LogP contribution in [0, 0.1) is 4.77 Å². The predicted octanol–water partition coefficient (Wildman–Crippen LogP) is -0.512. The van der Waals surface area contributed by atoms with Crippen LogP contribution in [0.5, 0.6) is 0 Å². The van der Waals surface area contributed by atoms with Crippen LogP contribution in [0.15, 0.2) is 0 Å². The lowest BCUT2D eigenvalue weighted by Crippen LogP contribution is -3.09. The SMILES string of the molecule is CCn1c(CCC(N)=O)nn(C[NH+]2CCCC2)c1=S. The van der Waals surface area contributed by atoms with E-state index in [0.717, 1.165) is 23.8 Å². The second kappa shape index (κ2) is 6.29. The molecule has 2 rings (SSSR count). The van der Waals surface area contributed by atoms with E-state index in [9.17, 15) is 4.79 Å². The fourth-order valence-electron chi connectivity index (χ4n) is 2.57. The maximum absolute atomic E-state index is 10.9. The second-order valence-corrected chi connectivity index (χ2v) is 5.39. The van der Waals surface area contributed by atoms with Gasteiger partial charge < -0.3 is 15.2 Å². The van der Waals surface area contributed by atoms with E-state index in [4.69, 9.17) is 18.0 Å². The summed E-state index contributed by atoms with van der Waals surface area (Å²) < 4.78 is 4.64. The lowest BCUT2D eigenvalue weighted by Gasteiger charge is -2.10. The lowest BCUT2D eigenvalue weighted by atomic mass is 10.3. The number of primary amides is 1. The summed E-state index contributed by atoms with van der Waals surface area (Å²) in [7, 11) is 0. The number of nitrogens with zero attached hydrogens (tertiary/aromatic N) is 3. The summed E-state index contributed by atoms with van der Waals surface area (Å²) >= 11 is 5.46. The molecule has 6 nitrogen and oxygen atoms in total. The summed E-state index contributed by atoms with van der Waals surface area (Å²) in [6.45, 7) is 6.03. The molecule has 0 atom stereocenters. The average molecular weight is 284 g/mol. The number of hydrogen-bond donors (Lipinski definition) is 2. The molecule has 0 spiro atoms. The van der Waals surface area contributed by atoms with E-state index in [1.54, 1.807) is 0 Å². The Morgan fingerprint density at radius 3 is 2.74 bits per heavy atom. The first-order valence-electron chi connectivity index (χ1n) is 6.90. The van der Waals surface area contributed by atoms with Gasteiger partial charge in [-0.25, -0.2) is 0 Å². The Bertz CT molecular complexity index is 501. The maximum atomic E-state index is 10.9. The summed E-state index contributed by atoms with van der Waals surface area (Å²) in [5, 5.41) is 4.56. The molecule has 0 bridgehead atoms. The zero-order valence-electron chi connectivity index (χ0n) is 11.4. The van der Waals surface area contributed by atoms with Crippen molar-refractivity contribution in [2.24, 2.45) is 5.73 Å². The fourth-order valence-corrected chi connectivity index (χ4v) is 2.91. The molecule has 0 radical (unpaired) electrons. The zero-order chi connectivity index (χ0) is 13.8. The monoisotopic (exact) mass is 284 g/mol. The van der Waals surface area contributed by atoms with Crippen LogP contribution in [-0.2, 0) is 24.4 Å². The number of aromatic nitrogens is 3. The molecule has 1 fully saturated rings. The molecule has 3 N–H and O–H groups in total. The Kier molecular flexibility index (Phi) is 4.71. The molecular weight excluding hydrogens is 262 g/mol. The van der Waals surface area contributed by atoms with Gasteiger partial charge in [-0.15, -0.1) is 0 Å². The number of nitrogens with two attached hydrogens (primary N) is 1. The summed E-state index contributed by atoms with van der Waals surface area (Å²) in [5.74, 6) is 0.568. The number of amides is 1. The van der Waals surface area contributed by atoms with Gasteiger partial charge in [-0.2, -0.15) is 9.78 Å². The summed E-state index contributed by atoms with van der Waals surface area (Å²) in [5.41, 5.74) is 5.20. The Morgan fingerprint density at radius 2 is 2.16 bits per heavy atom. The largest absolute Gasteiger partial charge is 0.370 e. The van der Waals surface area contributed by atoms with Crippen LogP contribution in [0.4, 0.5) is 0 Å². The molecule has 19 heavy (non-hydrogen) atoms. The molecule has 1 aromatic heterocycles. The highest BCUT2D eigenvalue weighted by Crippen LogP contribution is 2.04. The van der Waals surface area contributed by atoms with Crippen LogP contribution in [0.25, 0.3) is 0 Å². The van der Waals surface area contributed by atoms with E-state index >= 15 is 0 Å².